The first-order valence-corrected chi connectivity index (χ1v) is 8.16. The van der Waals surface area contributed by atoms with Crippen LogP contribution in [0.2, 0.25) is 0 Å². The molecule has 1 aromatic carbocycles. The van der Waals surface area contributed by atoms with Gasteiger partial charge in [-0.2, -0.15) is 0 Å². The Morgan fingerprint density at radius 1 is 1.21 bits per heavy atom. The predicted octanol–water partition coefficient (Wildman–Crippen LogP) is 2.06. The molecule has 0 fully saturated rings. The van der Waals surface area contributed by atoms with Gasteiger partial charge in [0.1, 0.15) is 0 Å². The fourth-order valence-corrected chi connectivity index (χ4v) is 4.72. The highest BCUT2D eigenvalue weighted by Crippen LogP contribution is 2.53. The van der Waals surface area contributed by atoms with Crippen LogP contribution in [0.15, 0.2) is 22.8 Å². The first-order chi connectivity index (χ1) is 11.4. The van der Waals surface area contributed by atoms with Crippen molar-refractivity contribution in [2.45, 2.75) is 43.8 Å². The van der Waals surface area contributed by atoms with Crippen molar-refractivity contribution in [3.05, 3.63) is 57.5 Å². The Hall–Kier alpha value is -2.24. The molecule has 5 nitrogen and oxygen atoms in total. The normalized spacial score (nSPS) is 30.1. The van der Waals surface area contributed by atoms with Gasteiger partial charge < -0.3 is 14.6 Å². The first-order valence-electron chi connectivity index (χ1n) is 8.16. The van der Waals surface area contributed by atoms with Crippen LogP contribution in [0.4, 0.5) is 0 Å². The topological polar surface area (TPSA) is 87.7 Å². The molecule has 122 valence electrons. The molecule has 5 rings (SSSR count). The number of furan rings is 1. The van der Waals surface area contributed by atoms with Gasteiger partial charge in [-0.3, -0.25) is 9.59 Å². The van der Waals surface area contributed by atoms with Gasteiger partial charge >= 0.3 is 0 Å². The number of Topliss-reactive ketones (excluding diaryl/α,β-unsaturated/α-hetero) is 1. The number of ketones is 2. The molecule has 0 saturated carbocycles. The molecule has 24 heavy (non-hydrogen) atoms. The van der Waals surface area contributed by atoms with Crippen LogP contribution in [0.1, 0.15) is 74.6 Å². The predicted molar refractivity (Wildman–Crippen MR) is 83.3 cm³/mol. The van der Waals surface area contributed by atoms with Crippen LogP contribution in [-0.4, -0.2) is 27.9 Å². The number of aliphatic hydroxyl groups excluding tert-OH is 2. The zero-order valence-electron chi connectivity index (χ0n) is 13.1. The largest absolute Gasteiger partial charge is 0.460 e. The average molecular weight is 324 g/mol. The van der Waals surface area contributed by atoms with Gasteiger partial charge in [0.15, 0.2) is 11.5 Å². The minimum atomic E-state index is -0.842. The molecule has 0 aliphatic heterocycles. The third-order valence-corrected chi connectivity index (χ3v) is 6.02. The Bertz CT molecular complexity index is 937. The molecule has 2 aromatic rings. The molecule has 3 aliphatic rings. The van der Waals surface area contributed by atoms with Crippen LogP contribution < -0.4 is 0 Å². The Morgan fingerprint density at radius 2 is 2.00 bits per heavy atom. The first kappa shape index (κ1) is 14.1. The van der Waals surface area contributed by atoms with E-state index in [1.165, 1.54) is 6.26 Å². The van der Waals surface area contributed by atoms with E-state index in [4.69, 9.17) is 4.42 Å². The molecular formula is C19H16O5. The van der Waals surface area contributed by atoms with Crippen molar-refractivity contribution < 1.29 is 24.2 Å². The fourth-order valence-electron chi connectivity index (χ4n) is 4.72. The lowest BCUT2D eigenvalue weighted by atomic mass is 9.60. The Labute approximate surface area is 137 Å². The molecular weight excluding hydrogens is 308 g/mol. The number of carbonyl (C=O) groups excluding carboxylic acids is 2. The molecule has 0 spiro atoms. The summed E-state index contributed by atoms with van der Waals surface area (Å²) in [6.45, 7) is 1.88. The molecule has 0 bridgehead atoms. The number of hydrogen-bond acceptors (Lipinski definition) is 5. The number of carbonyl (C=O) groups is 2. The van der Waals surface area contributed by atoms with Gasteiger partial charge in [0, 0.05) is 40.5 Å². The van der Waals surface area contributed by atoms with Crippen LogP contribution in [0.3, 0.4) is 0 Å². The van der Waals surface area contributed by atoms with Crippen LogP contribution in [-0.2, 0) is 11.8 Å². The molecule has 0 amide bonds. The molecule has 1 aromatic heterocycles. The van der Waals surface area contributed by atoms with E-state index in [9.17, 15) is 19.8 Å². The van der Waals surface area contributed by atoms with Gasteiger partial charge in [0.25, 0.3) is 0 Å². The second-order valence-corrected chi connectivity index (χ2v) is 7.13. The Kier molecular flexibility index (Phi) is 2.49. The minimum absolute atomic E-state index is 0.0521. The highest BCUT2D eigenvalue weighted by molar-refractivity contribution is 6.15. The summed E-state index contributed by atoms with van der Waals surface area (Å²) >= 11 is 0. The maximum Gasteiger partial charge on any atom is 0.229 e. The van der Waals surface area contributed by atoms with Crippen LogP contribution in [0, 0.1) is 0 Å². The molecule has 0 radical (unpaired) electrons. The summed E-state index contributed by atoms with van der Waals surface area (Å²) in [7, 11) is 0. The molecule has 3 aliphatic carbocycles. The Morgan fingerprint density at radius 3 is 2.79 bits per heavy atom. The summed E-state index contributed by atoms with van der Waals surface area (Å²) in [5.74, 6) is -0.0153. The summed E-state index contributed by atoms with van der Waals surface area (Å²) in [5.41, 5.74) is 2.96. The molecule has 1 heterocycles. The van der Waals surface area contributed by atoms with Crippen molar-refractivity contribution in [2.75, 3.05) is 0 Å². The molecule has 5 heteroatoms. The van der Waals surface area contributed by atoms with Crippen molar-refractivity contribution in [1.29, 1.82) is 0 Å². The van der Waals surface area contributed by atoms with E-state index in [0.29, 0.717) is 35.1 Å². The van der Waals surface area contributed by atoms with Crippen molar-refractivity contribution in [2.24, 2.45) is 0 Å². The van der Waals surface area contributed by atoms with Crippen molar-refractivity contribution in [1.82, 2.24) is 0 Å². The SMILES string of the molecule is C[C@]12c3ccc4c(c3C(=O)c3occ(c31)[C@H](O)C[C@@H]2O)CCC4=O. The van der Waals surface area contributed by atoms with Crippen molar-refractivity contribution in [3.8, 4) is 0 Å². The molecule has 0 saturated heterocycles. The lowest BCUT2D eigenvalue weighted by molar-refractivity contribution is 0.0277. The van der Waals surface area contributed by atoms with Gasteiger partial charge in [-0.1, -0.05) is 12.1 Å². The fraction of sp³-hybridized carbons (Fsp3) is 0.368. The lowest BCUT2D eigenvalue weighted by Gasteiger charge is -2.44. The lowest BCUT2D eigenvalue weighted by Crippen LogP contribution is -2.47. The third-order valence-electron chi connectivity index (χ3n) is 6.02. The smallest absolute Gasteiger partial charge is 0.229 e. The highest BCUT2D eigenvalue weighted by Gasteiger charge is 2.53. The average Bonchev–Trinajstić information content (AvgIpc) is 3.16. The van der Waals surface area contributed by atoms with E-state index in [2.05, 4.69) is 0 Å². The van der Waals surface area contributed by atoms with Gasteiger partial charge in [-0.15, -0.1) is 0 Å². The maximum atomic E-state index is 13.1. The van der Waals surface area contributed by atoms with Gasteiger partial charge in [0.05, 0.1) is 18.5 Å². The van der Waals surface area contributed by atoms with E-state index in [-0.39, 0.29) is 23.7 Å². The summed E-state index contributed by atoms with van der Waals surface area (Å²) < 4.78 is 5.52. The van der Waals surface area contributed by atoms with Crippen LogP contribution >= 0.6 is 0 Å². The second kappa shape index (κ2) is 4.23. The van der Waals surface area contributed by atoms with Gasteiger partial charge in [-0.05, 0) is 24.5 Å². The summed E-state index contributed by atoms with van der Waals surface area (Å²) in [5, 5.41) is 21.0. The number of aliphatic hydroxyl groups is 2. The minimum Gasteiger partial charge on any atom is -0.460 e. The van der Waals surface area contributed by atoms with E-state index >= 15 is 0 Å². The number of hydrogen-bond donors (Lipinski definition) is 2. The van der Waals surface area contributed by atoms with Gasteiger partial charge in [0.2, 0.25) is 5.78 Å². The molecule has 3 atom stereocenters. The second-order valence-electron chi connectivity index (χ2n) is 7.13. The van der Waals surface area contributed by atoms with Crippen molar-refractivity contribution >= 4 is 11.6 Å². The van der Waals surface area contributed by atoms with E-state index in [1.807, 2.05) is 6.92 Å². The Balaban J connectivity index is 1.89. The van der Waals surface area contributed by atoms with E-state index in [1.54, 1.807) is 12.1 Å². The summed E-state index contributed by atoms with van der Waals surface area (Å²) in [4.78, 5) is 25.1. The zero-order valence-corrected chi connectivity index (χ0v) is 13.1. The summed E-state index contributed by atoms with van der Waals surface area (Å²) in [6.07, 6.45) is 0.888. The van der Waals surface area contributed by atoms with Crippen LogP contribution in [0.5, 0.6) is 0 Å². The highest BCUT2D eigenvalue weighted by atomic mass is 16.3. The van der Waals surface area contributed by atoms with E-state index in [0.717, 1.165) is 11.1 Å². The number of fused-ring (bicyclic) bond motifs is 4. The van der Waals surface area contributed by atoms with Crippen molar-refractivity contribution in [3.63, 3.8) is 0 Å². The maximum absolute atomic E-state index is 13.1. The summed E-state index contributed by atoms with van der Waals surface area (Å²) in [6, 6.07) is 3.56. The number of benzene rings is 1. The number of rotatable bonds is 0. The monoisotopic (exact) mass is 324 g/mol. The quantitative estimate of drug-likeness (QED) is 0.774. The standard InChI is InChI=1S/C19H16O5/c1-19-11-4-2-8-9(3-5-12(8)20)15(11)17(23)18-16(19)10(7-24-18)13(21)6-14(19)22/h2,4,7,13-14,21-22H,3,5-6H2,1H3/t13-,14+,19-/m1/s1. The van der Waals surface area contributed by atoms with Gasteiger partial charge in [-0.25, -0.2) is 0 Å². The van der Waals surface area contributed by atoms with E-state index < -0.39 is 17.6 Å². The molecule has 2 N–H and O–H groups in total. The van der Waals surface area contributed by atoms with Crippen LogP contribution in [0.25, 0.3) is 0 Å². The zero-order chi connectivity index (χ0) is 16.8. The molecule has 0 unspecified atom stereocenters. The third kappa shape index (κ3) is 1.39.